The molecule has 30 heavy (non-hydrogen) atoms. The topological polar surface area (TPSA) is 0 Å². The Labute approximate surface area is 172 Å². The predicted molar refractivity (Wildman–Crippen MR) is 131 cm³/mol. The molecule has 0 atom stereocenters. The van der Waals surface area contributed by atoms with Crippen LogP contribution >= 0.6 is 0 Å². The molecule has 0 unspecified atom stereocenters. The van der Waals surface area contributed by atoms with Gasteiger partial charge in [-0.2, -0.15) is 0 Å². The Morgan fingerprint density at radius 2 is 0.800 bits per heavy atom. The molecular weight excluding hydrogens is 360 g/mol. The fourth-order valence-corrected chi connectivity index (χ4v) is 5.80. The molecule has 8 aromatic rings. The number of hydrogen-bond acceptors (Lipinski definition) is 0. The fourth-order valence-electron chi connectivity index (χ4n) is 5.80. The van der Waals surface area contributed by atoms with E-state index in [-0.39, 0.29) is 0 Å². The predicted octanol–water partition coefficient (Wildman–Crippen LogP) is 8.63. The minimum absolute atomic E-state index is 1.30. The molecular formula is C30H16. The van der Waals surface area contributed by atoms with Crippen molar-refractivity contribution in [3.8, 4) is 0 Å². The Bertz CT molecular complexity index is 1930. The first-order chi connectivity index (χ1) is 14.9. The van der Waals surface area contributed by atoms with Crippen LogP contribution in [-0.2, 0) is 0 Å². The molecule has 0 aliphatic rings. The normalized spacial score (nSPS) is 12.7. The van der Waals surface area contributed by atoms with Crippen LogP contribution in [0, 0.1) is 0 Å². The molecule has 0 saturated carbocycles. The van der Waals surface area contributed by atoms with Gasteiger partial charge >= 0.3 is 0 Å². The highest BCUT2D eigenvalue weighted by Crippen LogP contribution is 2.47. The highest BCUT2D eigenvalue weighted by Gasteiger charge is 2.18. The van der Waals surface area contributed by atoms with E-state index in [2.05, 4.69) is 97.1 Å². The van der Waals surface area contributed by atoms with Gasteiger partial charge in [-0.3, -0.25) is 0 Å². The third-order valence-electron chi connectivity index (χ3n) is 7.06. The lowest BCUT2D eigenvalue weighted by Gasteiger charge is -2.19. The van der Waals surface area contributed by atoms with Crippen molar-refractivity contribution in [3.05, 3.63) is 97.1 Å². The highest BCUT2D eigenvalue weighted by atomic mass is 14.2. The molecule has 0 N–H and O–H groups in total. The van der Waals surface area contributed by atoms with Crippen LogP contribution in [0.2, 0.25) is 0 Å². The van der Waals surface area contributed by atoms with Crippen molar-refractivity contribution in [2.75, 3.05) is 0 Å². The maximum atomic E-state index is 2.39. The second-order valence-corrected chi connectivity index (χ2v) is 8.57. The quantitative estimate of drug-likeness (QED) is 0.183. The molecule has 136 valence electrons. The summed E-state index contributed by atoms with van der Waals surface area (Å²) < 4.78 is 0. The third-order valence-corrected chi connectivity index (χ3v) is 7.06. The molecule has 8 rings (SSSR count). The maximum Gasteiger partial charge on any atom is -0.00136 e. The Hall–Kier alpha value is -3.90. The van der Waals surface area contributed by atoms with E-state index in [1.54, 1.807) is 0 Å². The Morgan fingerprint density at radius 3 is 1.57 bits per heavy atom. The molecule has 0 bridgehead atoms. The van der Waals surface area contributed by atoms with E-state index in [4.69, 9.17) is 0 Å². The molecule has 0 radical (unpaired) electrons. The van der Waals surface area contributed by atoms with Crippen molar-refractivity contribution in [3.63, 3.8) is 0 Å². The van der Waals surface area contributed by atoms with Crippen molar-refractivity contribution >= 4 is 75.4 Å². The van der Waals surface area contributed by atoms with Crippen molar-refractivity contribution < 1.29 is 0 Å². The lowest BCUT2D eigenvalue weighted by atomic mass is 9.83. The van der Waals surface area contributed by atoms with E-state index < -0.39 is 0 Å². The van der Waals surface area contributed by atoms with Gasteiger partial charge in [-0.05, 0) is 93.6 Å². The average molecular weight is 376 g/mol. The second kappa shape index (κ2) is 4.98. The summed E-state index contributed by atoms with van der Waals surface area (Å²) in [6.07, 6.45) is 0. The van der Waals surface area contributed by atoms with Gasteiger partial charge in [0.1, 0.15) is 0 Å². The number of fused-ring (bicyclic) bond motifs is 4. The lowest BCUT2D eigenvalue weighted by Crippen LogP contribution is -1.91. The Morgan fingerprint density at radius 1 is 0.267 bits per heavy atom. The minimum atomic E-state index is 1.30. The van der Waals surface area contributed by atoms with Crippen LogP contribution in [0.25, 0.3) is 75.4 Å². The summed E-state index contributed by atoms with van der Waals surface area (Å²) in [7, 11) is 0. The van der Waals surface area contributed by atoms with Crippen LogP contribution in [0.1, 0.15) is 0 Å². The fraction of sp³-hybridized carbons (Fsp3) is 0. The van der Waals surface area contributed by atoms with Gasteiger partial charge in [-0.25, -0.2) is 0 Å². The number of hydrogen-bond donors (Lipinski definition) is 0. The third kappa shape index (κ3) is 1.66. The van der Waals surface area contributed by atoms with Gasteiger partial charge in [0.05, 0.1) is 0 Å². The van der Waals surface area contributed by atoms with Crippen LogP contribution in [0.4, 0.5) is 0 Å². The number of benzene rings is 8. The zero-order chi connectivity index (χ0) is 19.4. The molecule has 0 aliphatic heterocycles. The van der Waals surface area contributed by atoms with Crippen LogP contribution in [0.5, 0.6) is 0 Å². The summed E-state index contributed by atoms with van der Waals surface area (Å²) in [6, 6.07) is 36.3. The maximum absolute atomic E-state index is 2.39. The lowest BCUT2D eigenvalue weighted by molar-refractivity contribution is 1.79. The highest BCUT2D eigenvalue weighted by molar-refractivity contribution is 6.43. The first-order valence-corrected chi connectivity index (χ1v) is 10.5. The zero-order valence-corrected chi connectivity index (χ0v) is 16.2. The minimum Gasteiger partial charge on any atom is -0.0616 e. The second-order valence-electron chi connectivity index (χ2n) is 8.57. The Kier molecular flexibility index (Phi) is 2.49. The first-order valence-electron chi connectivity index (χ1n) is 10.5. The zero-order valence-electron chi connectivity index (χ0n) is 16.2. The molecule has 0 saturated heterocycles. The van der Waals surface area contributed by atoms with Crippen molar-refractivity contribution in [2.24, 2.45) is 0 Å². The molecule has 0 fully saturated rings. The molecule has 0 amide bonds. The summed E-state index contributed by atoms with van der Waals surface area (Å²) >= 11 is 0. The van der Waals surface area contributed by atoms with Crippen LogP contribution in [-0.4, -0.2) is 0 Å². The van der Waals surface area contributed by atoms with Gasteiger partial charge in [-0.1, -0.05) is 78.9 Å². The van der Waals surface area contributed by atoms with Gasteiger partial charge in [0.15, 0.2) is 0 Å². The standard InChI is InChI=1S/C30H16/c1-2-5-21-16-25-23(14-20(21)4-1)15-22-13-12-19-11-10-18-9-8-17-6-3-7-24-26(17)27(18)28(19)29(22)30(24)25/h1-16H. The molecule has 8 aromatic carbocycles. The van der Waals surface area contributed by atoms with Crippen molar-refractivity contribution in [1.82, 2.24) is 0 Å². The number of rotatable bonds is 0. The summed E-state index contributed by atoms with van der Waals surface area (Å²) in [5.41, 5.74) is 0. The molecule has 0 heteroatoms. The largest absolute Gasteiger partial charge is 0.0616 e. The molecule has 0 nitrogen and oxygen atoms in total. The van der Waals surface area contributed by atoms with Gasteiger partial charge in [-0.15, -0.1) is 0 Å². The SMILES string of the molecule is c1ccc2cc3c(cc2c1)cc1ccc2ccc4ccc5cccc6c5c4c2c1c36. The van der Waals surface area contributed by atoms with Gasteiger partial charge in [0.2, 0.25) is 0 Å². The van der Waals surface area contributed by atoms with E-state index in [1.807, 2.05) is 0 Å². The summed E-state index contributed by atoms with van der Waals surface area (Å²) in [4.78, 5) is 0. The monoisotopic (exact) mass is 376 g/mol. The molecule has 0 aliphatic carbocycles. The van der Waals surface area contributed by atoms with E-state index in [0.29, 0.717) is 0 Å². The average Bonchev–Trinajstić information content (AvgIpc) is 2.80. The van der Waals surface area contributed by atoms with E-state index in [9.17, 15) is 0 Å². The van der Waals surface area contributed by atoms with E-state index >= 15 is 0 Å². The van der Waals surface area contributed by atoms with Crippen LogP contribution < -0.4 is 0 Å². The van der Waals surface area contributed by atoms with Crippen LogP contribution in [0.15, 0.2) is 97.1 Å². The Balaban J connectivity index is 1.83. The summed E-state index contributed by atoms with van der Waals surface area (Å²) in [5.74, 6) is 0. The smallest absolute Gasteiger partial charge is 0.00136 e. The van der Waals surface area contributed by atoms with Gasteiger partial charge < -0.3 is 0 Å². The molecule has 0 spiro atoms. The van der Waals surface area contributed by atoms with E-state index in [1.165, 1.54) is 75.4 Å². The summed E-state index contributed by atoms with van der Waals surface area (Å²) in [5, 5.41) is 19.0. The molecule has 0 heterocycles. The van der Waals surface area contributed by atoms with E-state index in [0.717, 1.165) is 0 Å². The van der Waals surface area contributed by atoms with Gasteiger partial charge in [0, 0.05) is 0 Å². The van der Waals surface area contributed by atoms with Crippen LogP contribution in [0.3, 0.4) is 0 Å². The molecule has 0 aromatic heterocycles. The van der Waals surface area contributed by atoms with Crippen molar-refractivity contribution in [2.45, 2.75) is 0 Å². The van der Waals surface area contributed by atoms with Gasteiger partial charge in [0.25, 0.3) is 0 Å². The summed E-state index contributed by atoms with van der Waals surface area (Å²) in [6.45, 7) is 0. The van der Waals surface area contributed by atoms with Crippen molar-refractivity contribution in [1.29, 1.82) is 0 Å². The first kappa shape index (κ1) is 15.0.